The minimum Gasteiger partial charge on any atom is -0.493 e. The molecule has 32 heavy (non-hydrogen) atoms. The van der Waals surface area contributed by atoms with E-state index in [2.05, 4.69) is 4.99 Å². The topological polar surface area (TPSA) is 75.6 Å². The van der Waals surface area contributed by atoms with E-state index in [1.807, 2.05) is 36.4 Å². The van der Waals surface area contributed by atoms with Gasteiger partial charge in [-0.1, -0.05) is 36.4 Å². The highest BCUT2D eigenvalue weighted by atomic mass is 16.7. The molecule has 0 spiro atoms. The summed E-state index contributed by atoms with van der Waals surface area (Å²) in [4.78, 5) is 16.8. The number of fused-ring (bicyclic) bond motifs is 1. The van der Waals surface area contributed by atoms with E-state index in [9.17, 15) is 4.79 Å². The third-order valence-electron chi connectivity index (χ3n) is 4.97. The Hall–Kier alpha value is -4.26. The Bertz CT molecular complexity index is 1230. The van der Waals surface area contributed by atoms with Gasteiger partial charge in [0.15, 0.2) is 28.7 Å². The van der Waals surface area contributed by atoms with Crippen molar-refractivity contribution in [3.05, 3.63) is 89.1 Å². The average Bonchev–Trinajstić information content (AvgIpc) is 3.44. The highest BCUT2D eigenvalue weighted by Crippen LogP contribution is 2.34. The van der Waals surface area contributed by atoms with E-state index in [4.69, 9.17) is 23.7 Å². The maximum Gasteiger partial charge on any atom is 0.363 e. The summed E-state index contributed by atoms with van der Waals surface area (Å²) < 4.78 is 27.4. The molecule has 3 aromatic carbocycles. The molecule has 0 N–H and O–H groups in total. The minimum absolute atomic E-state index is 0.169. The lowest BCUT2D eigenvalue weighted by molar-refractivity contribution is -0.129. The predicted octanol–water partition coefficient (Wildman–Crippen LogP) is 4.35. The first-order valence-electron chi connectivity index (χ1n) is 9.97. The molecule has 0 amide bonds. The van der Waals surface area contributed by atoms with Crippen LogP contribution in [0.3, 0.4) is 0 Å². The predicted molar refractivity (Wildman–Crippen MR) is 117 cm³/mol. The van der Waals surface area contributed by atoms with Gasteiger partial charge in [-0.3, -0.25) is 0 Å². The van der Waals surface area contributed by atoms with Crippen molar-refractivity contribution in [2.24, 2.45) is 4.99 Å². The van der Waals surface area contributed by atoms with Crippen LogP contribution in [-0.4, -0.2) is 25.8 Å². The third kappa shape index (κ3) is 4.00. The summed E-state index contributed by atoms with van der Waals surface area (Å²) in [6.45, 7) is 0.564. The van der Waals surface area contributed by atoms with Crippen LogP contribution in [0.25, 0.3) is 6.08 Å². The van der Waals surface area contributed by atoms with Crippen molar-refractivity contribution in [1.82, 2.24) is 0 Å². The lowest BCUT2D eigenvalue weighted by Gasteiger charge is -2.11. The molecule has 0 aromatic heterocycles. The molecular weight excluding hydrogens is 410 g/mol. The van der Waals surface area contributed by atoms with Gasteiger partial charge in [0.25, 0.3) is 0 Å². The van der Waals surface area contributed by atoms with Gasteiger partial charge in [-0.25, -0.2) is 9.79 Å². The second kappa shape index (κ2) is 8.47. The zero-order valence-electron chi connectivity index (χ0n) is 17.2. The zero-order chi connectivity index (χ0) is 21.9. The van der Waals surface area contributed by atoms with E-state index in [1.165, 1.54) is 0 Å². The van der Waals surface area contributed by atoms with Crippen LogP contribution >= 0.6 is 0 Å². The maximum atomic E-state index is 12.4. The van der Waals surface area contributed by atoms with Crippen molar-refractivity contribution in [3.8, 4) is 23.0 Å². The summed E-state index contributed by atoms with van der Waals surface area (Å²) in [5.74, 6) is 2.09. The number of aliphatic imine (C=N–C) groups is 1. The Morgan fingerprint density at radius 1 is 0.969 bits per heavy atom. The van der Waals surface area contributed by atoms with Crippen LogP contribution in [0.4, 0.5) is 0 Å². The molecule has 7 nitrogen and oxygen atoms in total. The lowest BCUT2D eigenvalue weighted by atomic mass is 10.1. The van der Waals surface area contributed by atoms with Gasteiger partial charge >= 0.3 is 5.97 Å². The van der Waals surface area contributed by atoms with Crippen LogP contribution in [0.2, 0.25) is 0 Å². The van der Waals surface area contributed by atoms with Crippen molar-refractivity contribution in [3.63, 3.8) is 0 Å². The molecule has 0 fully saturated rings. The number of nitrogens with zero attached hydrogens (tertiary/aromatic N) is 1. The molecule has 0 atom stereocenters. The van der Waals surface area contributed by atoms with Crippen molar-refractivity contribution in [2.45, 2.75) is 6.61 Å². The number of methoxy groups -OCH3 is 1. The summed E-state index contributed by atoms with van der Waals surface area (Å²) in [5.41, 5.74) is 2.59. The van der Waals surface area contributed by atoms with Crippen LogP contribution < -0.4 is 18.9 Å². The fourth-order valence-corrected chi connectivity index (χ4v) is 3.35. The molecule has 0 aliphatic carbocycles. The van der Waals surface area contributed by atoms with Gasteiger partial charge in [0, 0.05) is 5.56 Å². The first-order valence-corrected chi connectivity index (χ1v) is 9.97. The summed E-state index contributed by atoms with van der Waals surface area (Å²) in [6, 6.07) is 20.5. The fraction of sp³-hybridized carbons (Fsp3) is 0.120. The van der Waals surface area contributed by atoms with E-state index < -0.39 is 5.97 Å². The molecule has 3 aromatic rings. The maximum absolute atomic E-state index is 12.4. The molecule has 7 heteroatoms. The number of esters is 1. The van der Waals surface area contributed by atoms with E-state index in [1.54, 1.807) is 43.5 Å². The van der Waals surface area contributed by atoms with Crippen LogP contribution in [0.1, 0.15) is 16.7 Å². The Labute approximate surface area is 184 Å². The van der Waals surface area contributed by atoms with Gasteiger partial charge in [0.2, 0.25) is 12.7 Å². The number of hydrogen-bond acceptors (Lipinski definition) is 7. The number of carbonyl (C=O) groups is 1. The Morgan fingerprint density at radius 2 is 1.81 bits per heavy atom. The van der Waals surface area contributed by atoms with Gasteiger partial charge in [-0.15, -0.1) is 0 Å². The average molecular weight is 429 g/mol. The molecule has 0 saturated heterocycles. The second-order valence-corrected chi connectivity index (χ2v) is 7.09. The van der Waals surface area contributed by atoms with Crippen LogP contribution in [0.5, 0.6) is 23.0 Å². The van der Waals surface area contributed by atoms with Crippen molar-refractivity contribution < 1.29 is 28.5 Å². The van der Waals surface area contributed by atoms with Crippen LogP contribution in [-0.2, 0) is 16.1 Å². The van der Waals surface area contributed by atoms with E-state index in [0.29, 0.717) is 35.2 Å². The zero-order valence-corrected chi connectivity index (χ0v) is 17.2. The monoisotopic (exact) mass is 429 g/mol. The Balaban J connectivity index is 1.39. The molecule has 2 aliphatic rings. The summed E-state index contributed by atoms with van der Waals surface area (Å²) >= 11 is 0. The third-order valence-corrected chi connectivity index (χ3v) is 4.97. The van der Waals surface area contributed by atoms with E-state index in [-0.39, 0.29) is 18.4 Å². The molecule has 0 unspecified atom stereocenters. The molecule has 160 valence electrons. The molecule has 0 bridgehead atoms. The molecule has 2 aliphatic heterocycles. The number of rotatable bonds is 6. The molecule has 0 saturated carbocycles. The SMILES string of the molecule is COc1ccc(C=C2N=C(c3ccc4c(c3)OCO4)OC2=O)cc1OCc1ccccc1. The standard InChI is InChI=1S/C25H19NO6/c1-28-20-9-7-17(12-22(20)29-14-16-5-3-2-4-6-16)11-19-25(27)32-24(26-19)18-8-10-21-23(13-18)31-15-30-21/h2-13H,14-15H2,1H3. The largest absolute Gasteiger partial charge is 0.493 e. The molecular formula is C25H19NO6. The van der Waals surface area contributed by atoms with Gasteiger partial charge in [-0.2, -0.15) is 0 Å². The lowest BCUT2D eigenvalue weighted by Crippen LogP contribution is -2.05. The fourth-order valence-electron chi connectivity index (χ4n) is 3.35. The minimum atomic E-state index is -0.528. The van der Waals surface area contributed by atoms with Crippen molar-refractivity contribution in [1.29, 1.82) is 0 Å². The van der Waals surface area contributed by atoms with Crippen LogP contribution in [0, 0.1) is 0 Å². The summed E-state index contributed by atoms with van der Waals surface area (Å²) in [5, 5.41) is 0. The van der Waals surface area contributed by atoms with Gasteiger partial charge in [0.1, 0.15) is 6.61 Å². The van der Waals surface area contributed by atoms with Gasteiger partial charge < -0.3 is 23.7 Å². The number of cyclic esters (lactones) is 1. The normalized spacial score (nSPS) is 15.5. The Morgan fingerprint density at radius 3 is 2.66 bits per heavy atom. The number of carbonyl (C=O) groups excluding carboxylic acids is 1. The van der Waals surface area contributed by atoms with Crippen molar-refractivity contribution in [2.75, 3.05) is 13.9 Å². The van der Waals surface area contributed by atoms with E-state index >= 15 is 0 Å². The second-order valence-electron chi connectivity index (χ2n) is 7.09. The summed E-state index contributed by atoms with van der Waals surface area (Å²) in [6.07, 6.45) is 1.65. The first kappa shape index (κ1) is 19.7. The number of benzene rings is 3. The number of ether oxygens (including phenoxy) is 5. The van der Waals surface area contributed by atoms with Gasteiger partial charge in [-0.05, 0) is 47.5 Å². The van der Waals surface area contributed by atoms with Crippen molar-refractivity contribution >= 4 is 17.9 Å². The van der Waals surface area contributed by atoms with E-state index in [0.717, 1.165) is 11.1 Å². The molecule has 2 heterocycles. The highest BCUT2D eigenvalue weighted by molar-refractivity contribution is 6.13. The molecule has 0 radical (unpaired) electrons. The quantitative estimate of drug-likeness (QED) is 0.428. The highest BCUT2D eigenvalue weighted by Gasteiger charge is 2.26. The summed E-state index contributed by atoms with van der Waals surface area (Å²) in [7, 11) is 1.58. The van der Waals surface area contributed by atoms with Gasteiger partial charge in [0.05, 0.1) is 7.11 Å². The first-order chi connectivity index (χ1) is 15.7. The smallest absolute Gasteiger partial charge is 0.363 e. The Kier molecular flexibility index (Phi) is 5.21. The molecule has 5 rings (SSSR count). The number of hydrogen-bond donors (Lipinski definition) is 0. The van der Waals surface area contributed by atoms with Crippen LogP contribution in [0.15, 0.2) is 77.4 Å².